The molecule has 0 aliphatic carbocycles. The van der Waals surface area contributed by atoms with Gasteiger partial charge < -0.3 is 15.0 Å². The van der Waals surface area contributed by atoms with Gasteiger partial charge in [-0.3, -0.25) is 14.2 Å². The molecule has 7 rings (SSSR count). The standard InChI is InChI=1S/C38H32N4O3S/c1-22-18-23(2)33-29(19-22)30(34(41-33)25-12-7-5-8-13-25)21-31-37(44)42-35(26-14-11-17-28(20-26)45-4)32(24(3)39-38(42)46-31)36(43)40-27-15-9-6-10-16-27/h5-21,35,41H,1-4H3,(H,40,43)/b31-21-/t35-/m0/s1. The summed E-state index contributed by atoms with van der Waals surface area (Å²) in [6.45, 7) is 6.00. The molecule has 0 bridgehead atoms. The summed E-state index contributed by atoms with van der Waals surface area (Å²) in [5.74, 6) is 0.317. The summed E-state index contributed by atoms with van der Waals surface area (Å²) in [4.78, 5) is 37.5. The zero-order valence-electron chi connectivity index (χ0n) is 25.9. The zero-order valence-corrected chi connectivity index (χ0v) is 26.7. The molecule has 2 N–H and O–H groups in total. The lowest BCUT2D eigenvalue weighted by molar-refractivity contribution is -0.113. The Hall–Kier alpha value is -5.47. The van der Waals surface area contributed by atoms with Crippen molar-refractivity contribution >= 4 is 39.9 Å². The van der Waals surface area contributed by atoms with Crippen LogP contribution in [0.2, 0.25) is 0 Å². The summed E-state index contributed by atoms with van der Waals surface area (Å²) in [5, 5.41) is 4.06. The van der Waals surface area contributed by atoms with Gasteiger partial charge in [-0.25, -0.2) is 4.99 Å². The lowest BCUT2D eigenvalue weighted by atomic mass is 9.95. The van der Waals surface area contributed by atoms with Crippen molar-refractivity contribution in [2.24, 2.45) is 4.99 Å². The number of allylic oxidation sites excluding steroid dienone is 1. The SMILES string of the molecule is COc1cccc([C@H]2C(C(=O)Nc3ccccc3)=C(C)N=c3s/c(=C\c4c(-c5ccccc5)[nH]c5c(C)cc(C)cc45)c(=O)n32)c1. The number of carbonyl (C=O) groups excluding carboxylic acids is 1. The van der Waals surface area contributed by atoms with Gasteiger partial charge in [0.2, 0.25) is 0 Å². The number of fused-ring (bicyclic) bond motifs is 2. The molecule has 1 amide bonds. The van der Waals surface area contributed by atoms with Gasteiger partial charge in [-0.2, -0.15) is 0 Å². The number of hydrogen-bond acceptors (Lipinski definition) is 5. The number of anilines is 1. The van der Waals surface area contributed by atoms with E-state index in [4.69, 9.17) is 9.73 Å². The topological polar surface area (TPSA) is 88.5 Å². The molecule has 0 radical (unpaired) electrons. The molecule has 3 heterocycles. The molecule has 46 heavy (non-hydrogen) atoms. The summed E-state index contributed by atoms with van der Waals surface area (Å²) < 4.78 is 7.71. The molecule has 228 valence electrons. The minimum absolute atomic E-state index is 0.216. The lowest BCUT2D eigenvalue weighted by Crippen LogP contribution is -2.40. The Morgan fingerprint density at radius 1 is 0.957 bits per heavy atom. The molecule has 0 saturated heterocycles. The van der Waals surface area contributed by atoms with Crippen LogP contribution < -0.4 is 24.9 Å². The van der Waals surface area contributed by atoms with Crippen LogP contribution in [0.25, 0.3) is 28.2 Å². The van der Waals surface area contributed by atoms with Gasteiger partial charge in [0.15, 0.2) is 4.80 Å². The van der Waals surface area contributed by atoms with Crippen LogP contribution in [0.15, 0.2) is 118 Å². The van der Waals surface area contributed by atoms with Gasteiger partial charge >= 0.3 is 0 Å². The highest BCUT2D eigenvalue weighted by Crippen LogP contribution is 2.34. The van der Waals surface area contributed by atoms with Crippen LogP contribution in [0.5, 0.6) is 5.75 Å². The number of para-hydroxylation sites is 1. The average molecular weight is 625 g/mol. The lowest BCUT2D eigenvalue weighted by Gasteiger charge is -2.25. The predicted octanol–water partition coefficient (Wildman–Crippen LogP) is 6.65. The van der Waals surface area contributed by atoms with Crippen molar-refractivity contribution in [1.29, 1.82) is 0 Å². The minimum atomic E-state index is -0.710. The molecule has 6 aromatic rings. The van der Waals surface area contributed by atoms with E-state index in [1.807, 2.05) is 85.8 Å². The average Bonchev–Trinajstić information content (AvgIpc) is 3.58. The number of nitrogens with zero attached hydrogens (tertiary/aromatic N) is 2. The third-order valence-electron chi connectivity index (χ3n) is 8.33. The van der Waals surface area contributed by atoms with Crippen molar-refractivity contribution in [1.82, 2.24) is 9.55 Å². The van der Waals surface area contributed by atoms with Crippen LogP contribution in [-0.2, 0) is 4.79 Å². The van der Waals surface area contributed by atoms with E-state index in [2.05, 4.69) is 48.4 Å². The first kappa shape index (κ1) is 29.3. The van der Waals surface area contributed by atoms with E-state index in [0.717, 1.165) is 44.4 Å². The molecule has 0 spiro atoms. The quantitative estimate of drug-likeness (QED) is 0.218. The first-order chi connectivity index (χ1) is 22.3. The number of methoxy groups -OCH3 is 1. The first-order valence-corrected chi connectivity index (χ1v) is 15.9. The van der Waals surface area contributed by atoms with E-state index in [-0.39, 0.29) is 11.5 Å². The van der Waals surface area contributed by atoms with Crippen molar-refractivity contribution in [3.8, 4) is 17.0 Å². The summed E-state index contributed by atoms with van der Waals surface area (Å²) in [6, 6.07) is 30.5. The third-order valence-corrected chi connectivity index (χ3v) is 9.32. The number of rotatable bonds is 6. The van der Waals surface area contributed by atoms with Crippen molar-refractivity contribution in [2.45, 2.75) is 26.8 Å². The van der Waals surface area contributed by atoms with Crippen LogP contribution in [0.3, 0.4) is 0 Å². The number of amides is 1. The molecule has 2 aromatic heterocycles. The molecule has 7 nitrogen and oxygen atoms in total. The van der Waals surface area contributed by atoms with Crippen molar-refractivity contribution in [3.63, 3.8) is 0 Å². The molecule has 0 fully saturated rings. The number of aromatic nitrogens is 2. The Bertz CT molecular complexity index is 2350. The fraction of sp³-hybridized carbons (Fsp3) is 0.132. The van der Waals surface area contributed by atoms with E-state index < -0.39 is 6.04 Å². The minimum Gasteiger partial charge on any atom is -0.497 e. The maximum absolute atomic E-state index is 14.5. The number of aromatic amines is 1. The van der Waals surface area contributed by atoms with Crippen LogP contribution in [0.4, 0.5) is 5.69 Å². The number of H-pyrrole nitrogens is 1. The molecule has 0 saturated carbocycles. The fourth-order valence-corrected chi connectivity index (χ4v) is 7.27. The van der Waals surface area contributed by atoms with E-state index >= 15 is 0 Å². The van der Waals surface area contributed by atoms with Crippen molar-refractivity contribution < 1.29 is 9.53 Å². The molecular formula is C38H32N4O3S. The smallest absolute Gasteiger partial charge is 0.271 e. The maximum Gasteiger partial charge on any atom is 0.271 e. The van der Waals surface area contributed by atoms with Crippen molar-refractivity contribution in [2.75, 3.05) is 12.4 Å². The van der Waals surface area contributed by atoms with Gasteiger partial charge in [0.1, 0.15) is 5.75 Å². The second-order valence-corrected chi connectivity index (χ2v) is 12.5. The number of thiazole rings is 1. The van der Waals surface area contributed by atoms with Crippen LogP contribution >= 0.6 is 11.3 Å². The number of nitrogens with one attached hydrogen (secondary N) is 2. The first-order valence-electron chi connectivity index (χ1n) is 15.0. The second kappa shape index (κ2) is 11.8. The predicted molar refractivity (Wildman–Crippen MR) is 185 cm³/mol. The van der Waals surface area contributed by atoms with Gasteiger partial charge in [-0.1, -0.05) is 83.6 Å². The molecule has 8 heteroatoms. The van der Waals surface area contributed by atoms with Gasteiger partial charge in [-0.15, -0.1) is 0 Å². The highest BCUT2D eigenvalue weighted by molar-refractivity contribution is 7.07. The summed E-state index contributed by atoms with van der Waals surface area (Å²) >= 11 is 1.33. The third kappa shape index (κ3) is 5.16. The van der Waals surface area contributed by atoms with Crippen LogP contribution in [0, 0.1) is 13.8 Å². The Kier molecular flexibility index (Phi) is 7.50. The summed E-state index contributed by atoms with van der Waals surface area (Å²) in [7, 11) is 1.60. The highest BCUT2D eigenvalue weighted by atomic mass is 32.1. The monoisotopic (exact) mass is 624 g/mol. The number of aryl methyl sites for hydroxylation is 2. The van der Waals surface area contributed by atoms with E-state index in [9.17, 15) is 9.59 Å². The van der Waals surface area contributed by atoms with Crippen LogP contribution in [-0.4, -0.2) is 22.6 Å². The Labute approximate surface area is 269 Å². The van der Waals surface area contributed by atoms with Gasteiger partial charge in [0.05, 0.1) is 34.6 Å². The Morgan fingerprint density at radius 2 is 1.70 bits per heavy atom. The van der Waals surface area contributed by atoms with Crippen LogP contribution in [0.1, 0.15) is 35.2 Å². The highest BCUT2D eigenvalue weighted by Gasteiger charge is 2.33. The largest absolute Gasteiger partial charge is 0.497 e. The number of benzene rings is 4. The number of carbonyl (C=O) groups is 1. The number of hydrogen-bond donors (Lipinski definition) is 2. The maximum atomic E-state index is 14.5. The molecule has 1 aliphatic rings. The molecule has 1 aliphatic heterocycles. The molecule has 4 aromatic carbocycles. The summed E-state index contributed by atoms with van der Waals surface area (Å²) in [6.07, 6.45) is 1.97. The zero-order chi connectivity index (χ0) is 31.9. The number of ether oxygens (including phenoxy) is 1. The Morgan fingerprint density at radius 3 is 2.43 bits per heavy atom. The molecule has 0 unspecified atom stereocenters. The van der Waals surface area contributed by atoms with Crippen molar-refractivity contribution in [3.05, 3.63) is 150 Å². The van der Waals surface area contributed by atoms with E-state index in [0.29, 0.717) is 32.0 Å². The van der Waals surface area contributed by atoms with Gasteiger partial charge in [0.25, 0.3) is 11.5 Å². The second-order valence-electron chi connectivity index (χ2n) is 11.5. The Balaban J connectivity index is 1.46. The van der Waals surface area contributed by atoms with E-state index in [1.54, 1.807) is 11.7 Å². The summed E-state index contributed by atoms with van der Waals surface area (Å²) in [5.41, 5.74) is 8.37. The molecule has 1 atom stereocenters. The molecular weight excluding hydrogens is 593 g/mol. The normalized spacial score (nSPS) is 14.7. The van der Waals surface area contributed by atoms with E-state index in [1.165, 1.54) is 11.3 Å². The van der Waals surface area contributed by atoms with Gasteiger partial charge in [-0.05, 0) is 73.9 Å². The van der Waals surface area contributed by atoms with Gasteiger partial charge in [0, 0.05) is 22.2 Å². The fourth-order valence-electron chi connectivity index (χ4n) is 6.25.